The van der Waals surface area contributed by atoms with Gasteiger partial charge in [0.25, 0.3) is 11.6 Å². The van der Waals surface area contributed by atoms with Gasteiger partial charge in [-0.15, -0.1) is 0 Å². The molecule has 7 nitrogen and oxygen atoms in total. The second kappa shape index (κ2) is 9.34. The van der Waals surface area contributed by atoms with Crippen LogP contribution in [0.4, 0.5) is 5.69 Å². The number of carbonyl (C=O) groups excluding carboxylic acids is 2. The van der Waals surface area contributed by atoms with Gasteiger partial charge in [0.1, 0.15) is 11.1 Å². The van der Waals surface area contributed by atoms with E-state index in [1.165, 1.54) is 19.1 Å². The summed E-state index contributed by atoms with van der Waals surface area (Å²) in [6.07, 6.45) is 0.618. The molecule has 0 radical (unpaired) electrons. The molecule has 2 N–H and O–H groups in total. The molecule has 9 heteroatoms. The Morgan fingerprint density at radius 1 is 1.15 bits per heavy atom. The standard InChI is InChI=1S/C18H17Cl2N3O4/c1-11(17(24)21-9-8-12-2-5-14(19)6-3-12)22-18(25)13-4-7-15(20)16(10-13)23(26)27/h2-7,10-11H,8-9H2,1H3,(H,21,24)(H,22,25)/t11-/m0/s1. The van der Waals surface area contributed by atoms with Gasteiger partial charge >= 0.3 is 0 Å². The lowest BCUT2D eigenvalue weighted by Crippen LogP contribution is -2.45. The van der Waals surface area contributed by atoms with Crippen molar-refractivity contribution >= 4 is 40.7 Å². The minimum Gasteiger partial charge on any atom is -0.354 e. The summed E-state index contributed by atoms with van der Waals surface area (Å²) in [6, 6.07) is 10.2. The van der Waals surface area contributed by atoms with Crippen LogP contribution in [0.5, 0.6) is 0 Å². The van der Waals surface area contributed by atoms with Crippen LogP contribution in [0, 0.1) is 10.1 Å². The monoisotopic (exact) mass is 409 g/mol. The van der Waals surface area contributed by atoms with Crippen LogP contribution in [0.15, 0.2) is 42.5 Å². The maximum Gasteiger partial charge on any atom is 0.288 e. The fourth-order valence-electron chi connectivity index (χ4n) is 2.27. The van der Waals surface area contributed by atoms with Crippen molar-refractivity contribution in [3.63, 3.8) is 0 Å². The third-order valence-corrected chi connectivity index (χ3v) is 4.34. The number of hydrogen-bond donors (Lipinski definition) is 2. The number of halogens is 2. The van der Waals surface area contributed by atoms with Crippen molar-refractivity contribution in [1.82, 2.24) is 10.6 Å². The Bertz CT molecular complexity index is 856. The van der Waals surface area contributed by atoms with Gasteiger partial charge in [0, 0.05) is 23.2 Å². The Morgan fingerprint density at radius 2 is 1.81 bits per heavy atom. The molecule has 1 atom stereocenters. The molecule has 0 saturated heterocycles. The molecular formula is C18H17Cl2N3O4. The number of hydrogen-bond acceptors (Lipinski definition) is 4. The van der Waals surface area contributed by atoms with E-state index < -0.39 is 16.9 Å². The van der Waals surface area contributed by atoms with E-state index in [1.807, 2.05) is 12.1 Å². The average molecular weight is 410 g/mol. The highest BCUT2D eigenvalue weighted by Gasteiger charge is 2.19. The Kier molecular flexibility index (Phi) is 7.15. The second-order valence-corrected chi connectivity index (χ2v) is 6.63. The van der Waals surface area contributed by atoms with Crippen LogP contribution in [0.25, 0.3) is 0 Å². The Morgan fingerprint density at radius 3 is 2.44 bits per heavy atom. The molecule has 0 bridgehead atoms. The number of nitrogens with one attached hydrogen (secondary N) is 2. The van der Waals surface area contributed by atoms with Crippen LogP contribution in [-0.2, 0) is 11.2 Å². The van der Waals surface area contributed by atoms with Crippen LogP contribution >= 0.6 is 23.2 Å². The molecule has 0 spiro atoms. The smallest absolute Gasteiger partial charge is 0.288 e. The van der Waals surface area contributed by atoms with Crippen LogP contribution < -0.4 is 10.6 Å². The Labute approximate surface area is 165 Å². The van der Waals surface area contributed by atoms with E-state index in [2.05, 4.69) is 10.6 Å². The van der Waals surface area contributed by atoms with E-state index in [1.54, 1.807) is 12.1 Å². The first-order chi connectivity index (χ1) is 12.8. The highest BCUT2D eigenvalue weighted by atomic mass is 35.5. The van der Waals surface area contributed by atoms with Crippen molar-refractivity contribution in [3.8, 4) is 0 Å². The topological polar surface area (TPSA) is 101 Å². The number of rotatable bonds is 7. The van der Waals surface area contributed by atoms with Crippen LogP contribution in [0.1, 0.15) is 22.8 Å². The van der Waals surface area contributed by atoms with Crippen molar-refractivity contribution in [2.45, 2.75) is 19.4 Å². The minimum atomic E-state index is -0.808. The van der Waals surface area contributed by atoms with E-state index in [9.17, 15) is 19.7 Å². The zero-order valence-electron chi connectivity index (χ0n) is 14.4. The molecule has 2 rings (SSSR count). The lowest BCUT2D eigenvalue weighted by Gasteiger charge is -2.14. The van der Waals surface area contributed by atoms with Gasteiger partial charge in [-0.1, -0.05) is 35.3 Å². The molecule has 0 aliphatic carbocycles. The number of amides is 2. The van der Waals surface area contributed by atoms with Crippen molar-refractivity contribution in [2.75, 3.05) is 6.54 Å². The second-order valence-electron chi connectivity index (χ2n) is 5.79. The molecule has 0 fully saturated rings. The summed E-state index contributed by atoms with van der Waals surface area (Å²) in [7, 11) is 0. The zero-order chi connectivity index (χ0) is 20.0. The molecule has 0 aromatic heterocycles. The molecule has 0 heterocycles. The molecule has 0 unspecified atom stereocenters. The maximum atomic E-state index is 12.2. The normalized spacial score (nSPS) is 11.5. The fourth-order valence-corrected chi connectivity index (χ4v) is 2.59. The molecule has 27 heavy (non-hydrogen) atoms. The van der Waals surface area contributed by atoms with Gasteiger partial charge in [-0.25, -0.2) is 0 Å². The van der Waals surface area contributed by atoms with Gasteiger partial charge in [-0.3, -0.25) is 19.7 Å². The molecule has 2 amide bonds. The molecule has 0 saturated carbocycles. The maximum absolute atomic E-state index is 12.2. The first-order valence-corrected chi connectivity index (χ1v) is 8.80. The molecule has 0 aliphatic heterocycles. The summed E-state index contributed by atoms with van der Waals surface area (Å²) in [5.74, 6) is -0.962. The van der Waals surface area contributed by atoms with Crippen LogP contribution in [0.2, 0.25) is 10.0 Å². The van der Waals surface area contributed by atoms with Gasteiger partial charge in [0.2, 0.25) is 5.91 Å². The molecule has 2 aromatic carbocycles. The molecular weight excluding hydrogens is 393 g/mol. The first-order valence-electron chi connectivity index (χ1n) is 8.05. The average Bonchev–Trinajstić information content (AvgIpc) is 2.63. The fraction of sp³-hybridized carbons (Fsp3) is 0.222. The van der Waals surface area contributed by atoms with E-state index >= 15 is 0 Å². The van der Waals surface area contributed by atoms with Gasteiger partial charge in [-0.2, -0.15) is 0 Å². The number of nitro benzene ring substituents is 1. The summed E-state index contributed by atoms with van der Waals surface area (Å²) in [5, 5.41) is 16.7. The number of carbonyl (C=O) groups is 2. The first kappa shape index (κ1) is 20.7. The third kappa shape index (κ3) is 5.94. The highest BCUT2D eigenvalue weighted by molar-refractivity contribution is 6.32. The van der Waals surface area contributed by atoms with Crippen molar-refractivity contribution in [2.24, 2.45) is 0 Å². The Hall–Kier alpha value is -2.64. The summed E-state index contributed by atoms with van der Waals surface area (Å²) in [4.78, 5) is 34.5. The lowest BCUT2D eigenvalue weighted by molar-refractivity contribution is -0.384. The van der Waals surface area contributed by atoms with Gasteiger partial charge in [0.15, 0.2) is 0 Å². The number of benzene rings is 2. The minimum absolute atomic E-state index is 0.0481. The predicted molar refractivity (Wildman–Crippen MR) is 103 cm³/mol. The quantitative estimate of drug-likeness (QED) is 0.540. The SMILES string of the molecule is C[C@H](NC(=O)c1ccc(Cl)c([N+](=O)[O-])c1)C(=O)NCCc1ccc(Cl)cc1. The summed E-state index contributed by atoms with van der Waals surface area (Å²) >= 11 is 11.5. The summed E-state index contributed by atoms with van der Waals surface area (Å²) in [5.41, 5.74) is 0.696. The van der Waals surface area contributed by atoms with Crippen LogP contribution in [0.3, 0.4) is 0 Å². The van der Waals surface area contributed by atoms with Gasteiger partial charge in [0.05, 0.1) is 4.92 Å². The highest BCUT2D eigenvalue weighted by Crippen LogP contribution is 2.25. The lowest BCUT2D eigenvalue weighted by atomic mass is 10.1. The van der Waals surface area contributed by atoms with Gasteiger partial charge in [-0.05, 0) is 43.2 Å². The van der Waals surface area contributed by atoms with E-state index in [4.69, 9.17) is 23.2 Å². The largest absolute Gasteiger partial charge is 0.354 e. The summed E-state index contributed by atoms with van der Waals surface area (Å²) in [6.45, 7) is 1.92. The zero-order valence-corrected chi connectivity index (χ0v) is 15.9. The molecule has 0 aliphatic rings. The number of nitro groups is 1. The summed E-state index contributed by atoms with van der Waals surface area (Å²) < 4.78 is 0. The van der Waals surface area contributed by atoms with Gasteiger partial charge < -0.3 is 10.6 Å². The van der Waals surface area contributed by atoms with E-state index in [0.717, 1.165) is 11.6 Å². The van der Waals surface area contributed by atoms with Crippen molar-refractivity contribution in [3.05, 3.63) is 73.8 Å². The predicted octanol–water partition coefficient (Wildman–Crippen LogP) is 3.38. The molecule has 142 valence electrons. The molecule has 2 aromatic rings. The van der Waals surface area contributed by atoms with Crippen LogP contribution in [-0.4, -0.2) is 29.3 Å². The Balaban J connectivity index is 1.88. The third-order valence-electron chi connectivity index (χ3n) is 3.77. The van der Waals surface area contributed by atoms with E-state index in [0.29, 0.717) is 18.0 Å². The van der Waals surface area contributed by atoms with E-state index in [-0.39, 0.29) is 22.2 Å². The van der Waals surface area contributed by atoms with Crippen molar-refractivity contribution < 1.29 is 14.5 Å². The number of nitrogens with zero attached hydrogens (tertiary/aromatic N) is 1. The van der Waals surface area contributed by atoms with Crippen molar-refractivity contribution in [1.29, 1.82) is 0 Å².